The molecule has 5 nitrogen and oxygen atoms in total. The van der Waals surface area contributed by atoms with Crippen LogP contribution in [0.15, 0.2) is 23.1 Å². The molecule has 1 atom stereocenters. The minimum absolute atomic E-state index is 0.171. The highest BCUT2D eigenvalue weighted by atomic mass is 35.5. The van der Waals surface area contributed by atoms with Gasteiger partial charge in [0.1, 0.15) is 6.04 Å². The van der Waals surface area contributed by atoms with Crippen LogP contribution in [-0.2, 0) is 14.4 Å². The summed E-state index contributed by atoms with van der Waals surface area (Å²) in [6, 6.07) is 4.42. The normalized spacial score (nSPS) is 16.0. The SMILES string of the molecule is CCSc1ccc(Cl)cc1NC(=O)[C@H](C)N1C(=O)CCC1=O. The molecule has 22 heavy (non-hydrogen) atoms. The van der Waals surface area contributed by atoms with E-state index in [1.165, 1.54) is 0 Å². The Bertz CT molecular complexity index is 605. The summed E-state index contributed by atoms with van der Waals surface area (Å²) < 4.78 is 0. The lowest BCUT2D eigenvalue weighted by Gasteiger charge is -2.22. The van der Waals surface area contributed by atoms with Crippen molar-refractivity contribution in [1.82, 2.24) is 4.90 Å². The average Bonchev–Trinajstić information content (AvgIpc) is 2.80. The Labute approximate surface area is 138 Å². The van der Waals surface area contributed by atoms with Gasteiger partial charge in [-0.05, 0) is 30.9 Å². The molecule has 3 amide bonds. The van der Waals surface area contributed by atoms with E-state index in [2.05, 4.69) is 5.32 Å². The second-order valence-corrected chi connectivity index (χ2v) is 6.64. The molecule has 0 unspecified atom stereocenters. The van der Waals surface area contributed by atoms with Gasteiger partial charge in [0.25, 0.3) is 0 Å². The molecular formula is C15H17ClN2O3S. The molecule has 1 saturated heterocycles. The predicted molar refractivity (Wildman–Crippen MR) is 87.0 cm³/mol. The molecule has 1 aliphatic rings. The summed E-state index contributed by atoms with van der Waals surface area (Å²) in [6.07, 6.45) is 0.342. The minimum atomic E-state index is -0.832. The number of nitrogens with one attached hydrogen (secondary N) is 1. The molecule has 1 N–H and O–H groups in total. The van der Waals surface area contributed by atoms with E-state index in [0.29, 0.717) is 10.7 Å². The van der Waals surface area contributed by atoms with E-state index in [1.54, 1.807) is 30.8 Å². The Morgan fingerprint density at radius 3 is 2.59 bits per heavy atom. The minimum Gasteiger partial charge on any atom is -0.323 e. The van der Waals surface area contributed by atoms with Crippen molar-refractivity contribution in [3.8, 4) is 0 Å². The highest BCUT2D eigenvalue weighted by molar-refractivity contribution is 7.99. The summed E-state index contributed by atoms with van der Waals surface area (Å²) in [7, 11) is 0. The number of hydrogen-bond donors (Lipinski definition) is 1. The highest BCUT2D eigenvalue weighted by Gasteiger charge is 2.36. The Morgan fingerprint density at radius 1 is 1.36 bits per heavy atom. The molecule has 1 fully saturated rings. The number of benzene rings is 1. The average molecular weight is 341 g/mol. The molecule has 1 aliphatic heterocycles. The maximum absolute atomic E-state index is 12.3. The zero-order valence-corrected chi connectivity index (χ0v) is 14.0. The van der Waals surface area contributed by atoms with Crippen LogP contribution in [0.5, 0.6) is 0 Å². The number of likely N-dealkylation sites (tertiary alicyclic amines) is 1. The first-order chi connectivity index (χ1) is 10.4. The van der Waals surface area contributed by atoms with Crippen LogP contribution in [-0.4, -0.2) is 34.4 Å². The molecule has 7 heteroatoms. The van der Waals surface area contributed by atoms with Crippen molar-refractivity contribution in [3.05, 3.63) is 23.2 Å². The lowest BCUT2D eigenvalue weighted by molar-refractivity contribution is -0.144. The first kappa shape index (κ1) is 16.8. The fourth-order valence-electron chi connectivity index (χ4n) is 2.26. The van der Waals surface area contributed by atoms with Crippen molar-refractivity contribution in [2.45, 2.75) is 37.6 Å². The summed E-state index contributed by atoms with van der Waals surface area (Å²) in [4.78, 5) is 37.7. The first-order valence-electron chi connectivity index (χ1n) is 7.02. The number of nitrogens with zero attached hydrogens (tertiary/aromatic N) is 1. The molecule has 1 heterocycles. The van der Waals surface area contributed by atoms with Crippen molar-refractivity contribution in [1.29, 1.82) is 0 Å². The fraction of sp³-hybridized carbons (Fsp3) is 0.400. The van der Waals surface area contributed by atoms with Gasteiger partial charge in [-0.3, -0.25) is 19.3 Å². The lowest BCUT2D eigenvalue weighted by Crippen LogP contribution is -2.45. The van der Waals surface area contributed by atoms with Crippen LogP contribution in [0.25, 0.3) is 0 Å². The number of carbonyl (C=O) groups is 3. The number of imide groups is 1. The van der Waals surface area contributed by atoms with Gasteiger partial charge in [-0.15, -0.1) is 11.8 Å². The number of carbonyl (C=O) groups excluding carboxylic acids is 3. The van der Waals surface area contributed by atoms with Crippen LogP contribution in [0.3, 0.4) is 0 Å². The van der Waals surface area contributed by atoms with Crippen molar-refractivity contribution in [2.75, 3.05) is 11.1 Å². The van der Waals surface area contributed by atoms with Crippen molar-refractivity contribution in [3.63, 3.8) is 0 Å². The van der Waals surface area contributed by atoms with Gasteiger partial charge in [0, 0.05) is 22.8 Å². The van der Waals surface area contributed by atoms with Crippen LogP contribution < -0.4 is 5.32 Å². The fourth-order valence-corrected chi connectivity index (χ4v) is 3.17. The summed E-state index contributed by atoms with van der Waals surface area (Å²) in [5.41, 5.74) is 0.593. The quantitative estimate of drug-likeness (QED) is 0.661. The maximum atomic E-state index is 12.3. The number of amides is 3. The van der Waals surface area contributed by atoms with Gasteiger partial charge in [-0.25, -0.2) is 0 Å². The summed E-state index contributed by atoms with van der Waals surface area (Å²) in [6.45, 7) is 3.56. The molecule has 0 bridgehead atoms. The largest absolute Gasteiger partial charge is 0.323 e. The third-order valence-electron chi connectivity index (χ3n) is 3.36. The summed E-state index contributed by atoms with van der Waals surface area (Å²) in [5.74, 6) is -0.156. The van der Waals surface area contributed by atoms with E-state index in [-0.39, 0.29) is 24.7 Å². The van der Waals surface area contributed by atoms with Crippen molar-refractivity contribution >= 4 is 46.8 Å². The molecular weight excluding hydrogens is 324 g/mol. The third kappa shape index (κ3) is 3.62. The lowest BCUT2D eigenvalue weighted by atomic mass is 10.2. The number of hydrogen-bond acceptors (Lipinski definition) is 4. The molecule has 0 saturated carbocycles. The molecule has 1 aromatic carbocycles. The van der Waals surface area contributed by atoms with Gasteiger partial charge >= 0.3 is 0 Å². The monoisotopic (exact) mass is 340 g/mol. The van der Waals surface area contributed by atoms with Crippen LogP contribution >= 0.6 is 23.4 Å². The van der Waals surface area contributed by atoms with Crippen LogP contribution in [0.4, 0.5) is 5.69 Å². The van der Waals surface area contributed by atoms with Gasteiger partial charge in [-0.1, -0.05) is 18.5 Å². The molecule has 2 rings (SSSR count). The van der Waals surface area contributed by atoms with Crippen molar-refractivity contribution in [2.24, 2.45) is 0 Å². The van der Waals surface area contributed by atoms with E-state index >= 15 is 0 Å². The second-order valence-electron chi connectivity index (χ2n) is 4.90. The second kappa shape index (κ2) is 7.15. The molecule has 1 aromatic rings. The smallest absolute Gasteiger partial charge is 0.247 e. The van der Waals surface area contributed by atoms with E-state index < -0.39 is 11.9 Å². The maximum Gasteiger partial charge on any atom is 0.247 e. The van der Waals surface area contributed by atoms with Gasteiger partial charge < -0.3 is 5.32 Å². The van der Waals surface area contributed by atoms with Crippen LogP contribution in [0.2, 0.25) is 5.02 Å². The van der Waals surface area contributed by atoms with E-state index in [9.17, 15) is 14.4 Å². The summed E-state index contributed by atoms with van der Waals surface area (Å²) >= 11 is 7.55. The van der Waals surface area contributed by atoms with Crippen molar-refractivity contribution < 1.29 is 14.4 Å². The molecule has 118 valence electrons. The zero-order valence-electron chi connectivity index (χ0n) is 12.4. The van der Waals surface area contributed by atoms with Gasteiger partial charge in [0.05, 0.1) is 5.69 Å². The number of halogens is 1. The van der Waals surface area contributed by atoms with Gasteiger partial charge in [0.15, 0.2) is 0 Å². The molecule has 0 spiro atoms. The van der Waals surface area contributed by atoms with Gasteiger partial charge in [-0.2, -0.15) is 0 Å². The van der Waals surface area contributed by atoms with E-state index in [0.717, 1.165) is 15.5 Å². The Balaban J connectivity index is 2.16. The van der Waals surface area contributed by atoms with E-state index in [4.69, 9.17) is 11.6 Å². The zero-order chi connectivity index (χ0) is 16.3. The Hall–Kier alpha value is -1.53. The first-order valence-corrected chi connectivity index (χ1v) is 8.38. The summed E-state index contributed by atoms with van der Waals surface area (Å²) in [5, 5.41) is 3.27. The Morgan fingerprint density at radius 2 is 2.00 bits per heavy atom. The van der Waals surface area contributed by atoms with E-state index in [1.807, 2.05) is 13.0 Å². The molecule has 0 aromatic heterocycles. The predicted octanol–water partition coefficient (Wildman–Crippen LogP) is 2.93. The third-order valence-corrected chi connectivity index (χ3v) is 4.55. The Kier molecular flexibility index (Phi) is 5.47. The van der Waals surface area contributed by atoms with Crippen LogP contribution in [0.1, 0.15) is 26.7 Å². The topological polar surface area (TPSA) is 66.5 Å². The number of rotatable bonds is 5. The number of anilines is 1. The molecule has 0 aliphatic carbocycles. The standard InChI is InChI=1S/C15H17ClN2O3S/c1-3-22-12-5-4-10(16)8-11(12)17-15(21)9(2)18-13(19)6-7-14(18)20/h4-5,8-9H,3,6-7H2,1-2H3,(H,17,21)/t9-/m0/s1. The van der Waals surface area contributed by atoms with Crippen LogP contribution in [0, 0.1) is 0 Å². The van der Waals surface area contributed by atoms with Gasteiger partial charge in [0.2, 0.25) is 17.7 Å². The highest BCUT2D eigenvalue weighted by Crippen LogP contribution is 2.30. The molecule has 0 radical (unpaired) electrons. The number of thioether (sulfide) groups is 1.